The molecular formula is C11H23N3. The average molecular weight is 197 g/mol. The highest BCUT2D eigenvalue weighted by molar-refractivity contribution is 4.94. The molecular weight excluding hydrogens is 174 g/mol. The van der Waals surface area contributed by atoms with Crippen molar-refractivity contribution in [3.05, 3.63) is 11.6 Å². The molecule has 0 bridgehead atoms. The van der Waals surface area contributed by atoms with Crippen molar-refractivity contribution in [3.8, 4) is 0 Å². The molecule has 3 nitrogen and oxygen atoms in total. The molecule has 0 heterocycles. The lowest BCUT2D eigenvalue weighted by molar-refractivity contribution is 0.316. The highest BCUT2D eigenvalue weighted by Gasteiger charge is 1.95. The van der Waals surface area contributed by atoms with E-state index in [1.54, 1.807) is 0 Å². The van der Waals surface area contributed by atoms with E-state index in [2.05, 4.69) is 30.3 Å². The minimum absolute atomic E-state index is 0.287. The molecule has 82 valence electrons. The Morgan fingerprint density at radius 3 is 2.57 bits per heavy atom. The quantitative estimate of drug-likeness (QED) is 0.364. The van der Waals surface area contributed by atoms with E-state index in [1.807, 2.05) is 25.9 Å². The topological polar surface area (TPSA) is 28.0 Å². The molecule has 0 fully saturated rings. The summed E-state index contributed by atoms with van der Waals surface area (Å²) >= 11 is 0. The Morgan fingerprint density at radius 2 is 2.07 bits per heavy atom. The summed E-state index contributed by atoms with van der Waals surface area (Å²) in [7, 11) is 1.97. The van der Waals surface area contributed by atoms with Crippen molar-refractivity contribution in [3.63, 3.8) is 0 Å². The molecule has 0 aromatic carbocycles. The van der Waals surface area contributed by atoms with Crippen molar-refractivity contribution in [2.24, 2.45) is 10.3 Å². The van der Waals surface area contributed by atoms with Gasteiger partial charge in [-0.2, -0.15) is 5.11 Å². The molecule has 0 radical (unpaired) electrons. The van der Waals surface area contributed by atoms with Crippen molar-refractivity contribution in [1.29, 1.82) is 0 Å². The van der Waals surface area contributed by atoms with Gasteiger partial charge in [0.1, 0.15) is 0 Å². The summed E-state index contributed by atoms with van der Waals surface area (Å²) < 4.78 is 0. The van der Waals surface area contributed by atoms with Crippen LogP contribution in [0.4, 0.5) is 0 Å². The highest BCUT2D eigenvalue weighted by atomic mass is 15.5. The van der Waals surface area contributed by atoms with Crippen LogP contribution in [0.5, 0.6) is 0 Å². The van der Waals surface area contributed by atoms with Gasteiger partial charge in [0.15, 0.2) is 0 Å². The second-order valence-corrected chi connectivity index (χ2v) is 3.92. The standard InChI is InChI=1S/C11H23N3/c1-6-11(4)8-7-9-14(5)13-12-10(2)3/h6,10H,7-9H2,1-5H3/b11-6+,13-12?. The molecule has 0 unspecified atom stereocenters. The first kappa shape index (κ1) is 13.1. The maximum Gasteiger partial charge on any atom is 0.0673 e. The largest absolute Gasteiger partial charge is 0.282 e. The van der Waals surface area contributed by atoms with Gasteiger partial charge in [-0.05, 0) is 40.5 Å². The number of allylic oxidation sites excluding steroid dienone is 2. The van der Waals surface area contributed by atoms with E-state index in [9.17, 15) is 0 Å². The molecule has 0 N–H and O–H groups in total. The Balaban J connectivity index is 3.59. The van der Waals surface area contributed by atoms with E-state index in [-0.39, 0.29) is 6.04 Å². The Bertz CT molecular complexity index is 195. The lowest BCUT2D eigenvalue weighted by atomic mass is 10.1. The molecule has 0 spiro atoms. The van der Waals surface area contributed by atoms with Crippen LogP contribution in [0, 0.1) is 0 Å². The van der Waals surface area contributed by atoms with Crippen LogP contribution in [0.3, 0.4) is 0 Å². The zero-order valence-corrected chi connectivity index (χ0v) is 10.1. The maximum atomic E-state index is 4.09. The normalized spacial score (nSPS) is 12.9. The Morgan fingerprint density at radius 1 is 1.43 bits per heavy atom. The van der Waals surface area contributed by atoms with Crippen LogP contribution in [-0.4, -0.2) is 24.6 Å². The third-order valence-corrected chi connectivity index (χ3v) is 1.98. The second kappa shape index (κ2) is 7.54. The molecule has 0 aliphatic heterocycles. The summed E-state index contributed by atoms with van der Waals surface area (Å²) in [6, 6.07) is 0.287. The van der Waals surface area contributed by atoms with Crippen molar-refractivity contribution >= 4 is 0 Å². The van der Waals surface area contributed by atoms with Gasteiger partial charge in [0.05, 0.1) is 6.04 Å². The molecule has 3 heteroatoms. The van der Waals surface area contributed by atoms with Gasteiger partial charge in [0, 0.05) is 13.6 Å². The number of rotatable bonds is 6. The van der Waals surface area contributed by atoms with Gasteiger partial charge < -0.3 is 0 Å². The summed E-state index contributed by atoms with van der Waals surface area (Å²) in [6.07, 6.45) is 4.46. The highest BCUT2D eigenvalue weighted by Crippen LogP contribution is 2.04. The Hall–Kier alpha value is -0.860. The predicted molar refractivity (Wildman–Crippen MR) is 61.3 cm³/mol. The summed E-state index contributed by atoms with van der Waals surface area (Å²) in [5.74, 6) is 0. The fourth-order valence-electron chi connectivity index (χ4n) is 0.967. The molecule has 0 aromatic rings. The molecule has 0 saturated heterocycles. The van der Waals surface area contributed by atoms with Crippen molar-refractivity contribution in [2.75, 3.05) is 13.6 Å². The number of hydrogen-bond donors (Lipinski definition) is 0. The summed E-state index contributed by atoms with van der Waals surface area (Å²) in [4.78, 5) is 0. The van der Waals surface area contributed by atoms with Crippen LogP contribution in [0.15, 0.2) is 22.0 Å². The maximum absolute atomic E-state index is 4.09. The van der Waals surface area contributed by atoms with Gasteiger partial charge in [-0.1, -0.05) is 16.9 Å². The minimum atomic E-state index is 0.287. The smallest absolute Gasteiger partial charge is 0.0673 e. The van der Waals surface area contributed by atoms with Crippen molar-refractivity contribution in [2.45, 2.75) is 46.6 Å². The lowest BCUT2D eigenvalue weighted by Gasteiger charge is -2.11. The molecule has 0 aliphatic carbocycles. The first-order chi connectivity index (χ1) is 6.56. The summed E-state index contributed by atoms with van der Waals surface area (Å²) in [6.45, 7) is 9.27. The molecule has 0 rings (SSSR count). The fourth-order valence-corrected chi connectivity index (χ4v) is 0.967. The third kappa shape index (κ3) is 7.77. The van der Waals surface area contributed by atoms with Crippen LogP contribution < -0.4 is 0 Å². The molecule has 0 atom stereocenters. The van der Waals surface area contributed by atoms with E-state index < -0.39 is 0 Å². The zero-order valence-electron chi connectivity index (χ0n) is 10.1. The lowest BCUT2D eigenvalue weighted by Crippen LogP contribution is -2.12. The van der Waals surface area contributed by atoms with E-state index >= 15 is 0 Å². The average Bonchev–Trinajstić information content (AvgIpc) is 2.14. The van der Waals surface area contributed by atoms with E-state index in [0.717, 1.165) is 19.4 Å². The minimum Gasteiger partial charge on any atom is -0.282 e. The van der Waals surface area contributed by atoms with Gasteiger partial charge in [-0.25, -0.2) is 0 Å². The molecule has 0 aromatic heterocycles. The van der Waals surface area contributed by atoms with Crippen LogP contribution in [0.1, 0.15) is 40.5 Å². The number of hydrogen-bond acceptors (Lipinski definition) is 2. The van der Waals surface area contributed by atoms with Crippen LogP contribution in [0.25, 0.3) is 0 Å². The zero-order chi connectivity index (χ0) is 11.0. The second-order valence-electron chi connectivity index (χ2n) is 3.92. The van der Waals surface area contributed by atoms with E-state index in [1.165, 1.54) is 5.57 Å². The van der Waals surface area contributed by atoms with Crippen LogP contribution in [0.2, 0.25) is 0 Å². The predicted octanol–water partition coefficient (Wildman–Crippen LogP) is 3.44. The van der Waals surface area contributed by atoms with Crippen LogP contribution in [-0.2, 0) is 0 Å². The molecule has 0 aliphatic rings. The first-order valence-electron chi connectivity index (χ1n) is 5.30. The molecule has 0 saturated carbocycles. The Kier molecular flexibility index (Phi) is 7.07. The third-order valence-electron chi connectivity index (χ3n) is 1.98. The van der Waals surface area contributed by atoms with Gasteiger partial charge in [-0.15, -0.1) is 0 Å². The Labute approximate surface area is 87.9 Å². The molecule has 0 amide bonds. The van der Waals surface area contributed by atoms with Crippen molar-refractivity contribution < 1.29 is 0 Å². The number of nitrogens with zero attached hydrogens (tertiary/aromatic N) is 3. The van der Waals surface area contributed by atoms with Crippen LogP contribution >= 0.6 is 0 Å². The SMILES string of the molecule is C/C=C(\C)CCCN(C)N=NC(C)C. The van der Waals surface area contributed by atoms with Gasteiger partial charge in [0.25, 0.3) is 0 Å². The first-order valence-corrected chi connectivity index (χ1v) is 5.30. The fraction of sp³-hybridized carbons (Fsp3) is 0.818. The van der Waals surface area contributed by atoms with E-state index in [0.29, 0.717) is 0 Å². The molecule has 14 heavy (non-hydrogen) atoms. The monoisotopic (exact) mass is 197 g/mol. The van der Waals surface area contributed by atoms with E-state index in [4.69, 9.17) is 0 Å². The van der Waals surface area contributed by atoms with Crippen molar-refractivity contribution in [1.82, 2.24) is 5.01 Å². The van der Waals surface area contributed by atoms with Gasteiger partial charge in [-0.3, -0.25) is 5.01 Å². The van der Waals surface area contributed by atoms with Gasteiger partial charge in [0.2, 0.25) is 0 Å². The summed E-state index contributed by atoms with van der Waals surface area (Å²) in [5, 5.41) is 10.1. The summed E-state index contributed by atoms with van der Waals surface area (Å²) in [5.41, 5.74) is 1.44. The van der Waals surface area contributed by atoms with Gasteiger partial charge >= 0.3 is 0 Å².